The monoisotopic (exact) mass is 387 g/mol. The Morgan fingerprint density at radius 1 is 1.12 bits per heavy atom. The van der Waals surface area contributed by atoms with Crippen molar-refractivity contribution in [2.45, 2.75) is 6.54 Å². The van der Waals surface area contributed by atoms with Crippen LogP contribution in [0.4, 0.5) is 5.69 Å². The Kier molecular flexibility index (Phi) is 6.75. The summed E-state index contributed by atoms with van der Waals surface area (Å²) in [5.74, 6) is 0.642. The van der Waals surface area contributed by atoms with E-state index in [-0.39, 0.29) is 12.5 Å². The predicted octanol–water partition coefficient (Wildman–Crippen LogP) is 3.31. The molecule has 2 aromatic carbocycles. The van der Waals surface area contributed by atoms with Crippen LogP contribution >= 0.6 is 34.8 Å². The first-order valence-corrected chi connectivity index (χ1v) is 8.41. The van der Waals surface area contributed by atoms with Crippen molar-refractivity contribution in [1.29, 1.82) is 0 Å². The molecule has 0 aliphatic carbocycles. The zero-order valence-electron chi connectivity index (χ0n) is 13.3. The van der Waals surface area contributed by atoms with Crippen molar-refractivity contribution < 1.29 is 14.4 Å². The lowest BCUT2D eigenvalue weighted by Gasteiger charge is -2.15. The molecule has 2 aromatic rings. The molecule has 0 bridgehead atoms. The number of methoxy groups -OCH3 is 1. The summed E-state index contributed by atoms with van der Waals surface area (Å²) < 4.78 is 5.20. The lowest BCUT2D eigenvalue weighted by Crippen LogP contribution is -3.08. The van der Waals surface area contributed by atoms with Crippen molar-refractivity contribution in [2.24, 2.45) is 0 Å². The number of likely N-dealkylation sites (N-methyl/N-ethyl adjacent to an activating group) is 1. The first-order chi connectivity index (χ1) is 11.4. The van der Waals surface area contributed by atoms with E-state index in [4.69, 9.17) is 39.5 Å². The van der Waals surface area contributed by atoms with Gasteiger partial charge in [0, 0.05) is 5.56 Å². The quantitative estimate of drug-likeness (QED) is 0.746. The van der Waals surface area contributed by atoms with Gasteiger partial charge in [-0.1, -0.05) is 46.9 Å². The zero-order chi connectivity index (χ0) is 17.7. The van der Waals surface area contributed by atoms with Gasteiger partial charge in [-0.05, 0) is 24.3 Å². The van der Waals surface area contributed by atoms with Gasteiger partial charge in [-0.25, -0.2) is 0 Å². The zero-order valence-corrected chi connectivity index (χ0v) is 15.6. The fourth-order valence-corrected chi connectivity index (χ4v) is 2.87. The molecule has 24 heavy (non-hydrogen) atoms. The van der Waals surface area contributed by atoms with Crippen molar-refractivity contribution in [3.05, 3.63) is 57.0 Å². The highest BCUT2D eigenvalue weighted by Crippen LogP contribution is 2.32. The summed E-state index contributed by atoms with van der Waals surface area (Å²) in [4.78, 5) is 13.2. The summed E-state index contributed by atoms with van der Waals surface area (Å²) in [5.41, 5.74) is 1.54. The van der Waals surface area contributed by atoms with Crippen LogP contribution in [0.2, 0.25) is 15.1 Å². The number of hydrogen-bond donors (Lipinski definition) is 2. The molecule has 0 heterocycles. The Hall–Kier alpha value is -1.46. The molecule has 0 aliphatic rings. The Labute approximate surface area is 156 Å². The number of nitrogens with one attached hydrogen (secondary N) is 2. The molecule has 0 radical (unpaired) electrons. The van der Waals surface area contributed by atoms with Crippen molar-refractivity contribution in [1.82, 2.24) is 0 Å². The van der Waals surface area contributed by atoms with Crippen LogP contribution in [0.25, 0.3) is 0 Å². The Bertz CT molecular complexity index is 738. The van der Waals surface area contributed by atoms with Crippen LogP contribution in [0.15, 0.2) is 36.4 Å². The van der Waals surface area contributed by atoms with Crippen LogP contribution in [0.1, 0.15) is 5.56 Å². The minimum atomic E-state index is -0.157. The topological polar surface area (TPSA) is 42.8 Å². The van der Waals surface area contributed by atoms with Gasteiger partial charge in [-0.15, -0.1) is 0 Å². The van der Waals surface area contributed by atoms with E-state index in [1.165, 1.54) is 6.07 Å². The van der Waals surface area contributed by atoms with Crippen molar-refractivity contribution in [3.63, 3.8) is 0 Å². The number of benzene rings is 2. The van der Waals surface area contributed by atoms with Crippen LogP contribution in [-0.2, 0) is 11.3 Å². The fourth-order valence-electron chi connectivity index (χ4n) is 2.28. The van der Waals surface area contributed by atoms with Crippen LogP contribution in [0.5, 0.6) is 5.75 Å². The highest BCUT2D eigenvalue weighted by molar-refractivity contribution is 6.44. The highest BCUT2D eigenvalue weighted by Gasteiger charge is 2.14. The molecular formula is C17H18Cl3N2O2+. The summed E-state index contributed by atoms with van der Waals surface area (Å²) in [6.07, 6.45) is 0. The van der Waals surface area contributed by atoms with Gasteiger partial charge < -0.3 is 15.0 Å². The Balaban J connectivity index is 1.95. The van der Waals surface area contributed by atoms with E-state index in [1.54, 1.807) is 13.2 Å². The van der Waals surface area contributed by atoms with Crippen LogP contribution in [-0.4, -0.2) is 26.6 Å². The average molecular weight is 389 g/mol. The third kappa shape index (κ3) is 5.28. The summed E-state index contributed by atoms with van der Waals surface area (Å²) >= 11 is 17.9. The van der Waals surface area contributed by atoms with Gasteiger partial charge in [0.25, 0.3) is 5.91 Å². The number of halogens is 3. The van der Waals surface area contributed by atoms with Crippen molar-refractivity contribution in [2.75, 3.05) is 26.0 Å². The maximum atomic E-state index is 12.2. The lowest BCUT2D eigenvalue weighted by atomic mass is 10.2. The maximum absolute atomic E-state index is 12.2. The predicted molar refractivity (Wildman–Crippen MR) is 98.6 cm³/mol. The second kappa shape index (κ2) is 8.58. The largest absolute Gasteiger partial charge is 0.497 e. The standard InChI is InChI=1S/C17H17Cl3N2O2/c1-22(9-11-4-3-5-12(6-11)24-2)10-17(23)21-16-8-14(19)13(18)7-15(16)20/h3-8H,9-10H2,1-2H3,(H,21,23)/p+1. The number of quaternary nitrogens is 1. The molecule has 1 amide bonds. The lowest BCUT2D eigenvalue weighted by molar-refractivity contribution is -0.885. The van der Waals surface area contributed by atoms with Gasteiger partial charge in [0.2, 0.25) is 0 Å². The van der Waals surface area contributed by atoms with Crippen molar-refractivity contribution in [3.8, 4) is 5.75 Å². The summed E-state index contributed by atoms with van der Waals surface area (Å²) in [6.45, 7) is 0.980. The fraction of sp³-hybridized carbons (Fsp3) is 0.235. The molecule has 0 fully saturated rings. The third-order valence-corrected chi connectivity index (χ3v) is 4.42. The summed E-state index contributed by atoms with van der Waals surface area (Å²) in [7, 11) is 3.57. The van der Waals surface area contributed by atoms with Crippen LogP contribution in [0, 0.1) is 0 Å². The van der Waals surface area contributed by atoms with Gasteiger partial charge in [0.15, 0.2) is 6.54 Å². The minimum absolute atomic E-state index is 0.157. The Morgan fingerprint density at radius 3 is 2.54 bits per heavy atom. The Morgan fingerprint density at radius 2 is 1.83 bits per heavy atom. The average Bonchev–Trinajstić information content (AvgIpc) is 2.52. The van der Waals surface area contributed by atoms with E-state index in [9.17, 15) is 4.79 Å². The second-order valence-corrected chi connectivity index (χ2v) is 6.68. The molecule has 0 saturated heterocycles. The molecule has 4 nitrogen and oxygen atoms in total. The number of amides is 1. The van der Waals surface area contributed by atoms with Crippen LogP contribution < -0.4 is 15.0 Å². The highest BCUT2D eigenvalue weighted by atomic mass is 35.5. The number of ether oxygens (including phenoxy) is 1. The molecule has 1 atom stereocenters. The molecule has 0 spiro atoms. The molecular weight excluding hydrogens is 371 g/mol. The molecule has 7 heteroatoms. The molecule has 2 N–H and O–H groups in total. The number of anilines is 1. The van der Waals surface area contributed by atoms with E-state index in [2.05, 4.69) is 5.32 Å². The van der Waals surface area contributed by atoms with E-state index in [0.717, 1.165) is 16.2 Å². The molecule has 0 saturated carbocycles. The first-order valence-electron chi connectivity index (χ1n) is 7.27. The molecule has 1 unspecified atom stereocenters. The number of carbonyl (C=O) groups excluding carboxylic acids is 1. The van der Waals surface area contributed by atoms with Gasteiger partial charge in [-0.3, -0.25) is 4.79 Å². The first kappa shape index (κ1) is 18.9. The maximum Gasteiger partial charge on any atom is 0.279 e. The second-order valence-electron chi connectivity index (χ2n) is 5.46. The van der Waals surface area contributed by atoms with Crippen molar-refractivity contribution >= 4 is 46.4 Å². The SMILES string of the molecule is COc1cccc(C[NH+](C)CC(=O)Nc2cc(Cl)c(Cl)cc2Cl)c1. The summed E-state index contributed by atoms with van der Waals surface area (Å²) in [6, 6.07) is 10.8. The molecule has 0 aromatic heterocycles. The van der Waals surface area contributed by atoms with Crippen LogP contribution in [0.3, 0.4) is 0 Å². The number of carbonyl (C=O) groups is 1. The van der Waals surface area contributed by atoms with Gasteiger partial charge >= 0.3 is 0 Å². The normalized spacial score (nSPS) is 11.9. The third-order valence-electron chi connectivity index (χ3n) is 3.39. The number of rotatable bonds is 6. The minimum Gasteiger partial charge on any atom is -0.497 e. The van der Waals surface area contributed by atoms with E-state index < -0.39 is 0 Å². The van der Waals surface area contributed by atoms with Gasteiger partial charge in [0.05, 0.1) is 34.9 Å². The smallest absolute Gasteiger partial charge is 0.279 e. The van der Waals surface area contributed by atoms with E-state index in [0.29, 0.717) is 27.3 Å². The number of hydrogen-bond acceptors (Lipinski definition) is 2. The summed E-state index contributed by atoms with van der Waals surface area (Å²) in [5, 5.41) is 3.80. The molecule has 128 valence electrons. The van der Waals surface area contributed by atoms with E-state index >= 15 is 0 Å². The van der Waals surface area contributed by atoms with Gasteiger partial charge in [-0.2, -0.15) is 0 Å². The molecule has 2 rings (SSSR count). The molecule has 0 aliphatic heterocycles. The van der Waals surface area contributed by atoms with E-state index in [1.807, 2.05) is 31.3 Å². The van der Waals surface area contributed by atoms with Gasteiger partial charge in [0.1, 0.15) is 12.3 Å².